The Morgan fingerprint density at radius 1 is 0.750 bits per heavy atom. The van der Waals surface area contributed by atoms with Crippen LogP contribution in [0.5, 0.6) is 23.0 Å². The molecule has 126 valence electrons. The van der Waals surface area contributed by atoms with Crippen molar-refractivity contribution in [2.75, 3.05) is 26.7 Å². The Labute approximate surface area is 140 Å². The average Bonchev–Trinajstić information content (AvgIpc) is 3.22. The van der Waals surface area contributed by atoms with Gasteiger partial charge < -0.3 is 24.1 Å². The highest BCUT2D eigenvalue weighted by Gasteiger charge is 2.17. The summed E-state index contributed by atoms with van der Waals surface area (Å²) in [7, 11) is 0. The molecule has 0 radical (unpaired) electrons. The molecule has 2 aromatic rings. The summed E-state index contributed by atoms with van der Waals surface area (Å²) in [6, 6.07) is 11.9. The first-order valence-electron chi connectivity index (χ1n) is 7.92. The number of benzene rings is 2. The van der Waals surface area contributed by atoms with E-state index in [1.54, 1.807) is 0 Å². The van der Waals surface area contributed by atoms with Crippen LogP contribution >= 0.6 is 0 Å². The zero-order chi connectivity index (χ0) is 16.4. The molecule has 0 bridgehead atoms. The molecule has 24 heavy (non-hydrogen) atoms. The molecular weight excluding hydrogens is 310 g/mol. The van der Waals surface area contributed by atoms with E-state index in [2.05, 4.69) is 4.90 Å². The monoisotopic (exact) mass is 329 g/mol. The van der Waals surface area contributed by atoms with E-state index in [0.29, 0.717) is 19.6 Å². The van der Waals surface area contributed by atoms with Crippen molar-refractivity contribution < 1.29 is 24.1 Å². The minimum atomic E-state index is 0.106. The summed E-state index contributed by atoms with van der Waals surface area (Å²) < 4.78 is 21.5. The summed E-state index contributed by atoms with van der Waals surface area (Å²) in [5, 5.41) is 9.37. The highest BCUT2D eigenvalue weighted by atomic mass is 16.7. The van der Waals surface area contributed by atoms with E-state index >= 15 is 0 Å². The van der Waals surface area contributed by atoms with E-state index in [9.17, 15) is 5.11 Å². The first-order chi connectivity index (χ1) is 11.8. The number of ether oxygens (including phenoxy) is 4. The van der Waals surface area contributed by atoms with Crippen LogP contribution in [0.15, 0.2) is 36.4 Å². The van der Waals surface area contributed by atoms with Crippen molar-refractivity contribution in [2.45, 2.75) is 13.1 Å². The summed E-state index contributed by atoms with van der Waals surface area (Å²) >= 11 is 0. The molecule has 0 saturated heterocycles. The first kappa shape index (κ1) is 15.1. The summed E-state index contributed by atoms with van der Waals surface area (Å²) in [6.07, 6.45) is 0. The molecule has 0 aromatic heterocycles. The Bertz CT molecular complexity index is 674. The second kappa shape index (κ2) is 6.59. The first-order valence-corrected chi connectivity index (χ1v) is 7.92. The molecule has 0 fully saturated rings. The second-order valence-electron chi connectivity index (χ2n) is 5.81. The van der Waals surface area contributed by atoms with Gasteiger partial charge in [-0.1, -0.05) is 12.1 Å². The Morgan fingerprint density at radius 3 is 1.75 bits per heavy atom. The fourth-order valence-electron chi connectivity index (χ4n) is 2.95. The van der Waals surface area contributed by atoms with E-state index in [4.69, 9.17) is 18.9 Å². The maximum atomic E-state index is 9.37. The molecule has 0 aliphatic carbocycles. The van der Waals surface area contributed by atoms with Crippen LogP contribution in [-0.4, -0.2) is 36.7 Å². The quantitative estimate of drug-likeness (QED) is 0.876. The topological polar surface area (TPSA) is 60.4 Å². The van der Waals surface area contributed by atoms with Crippen molar-refractivity contribution in [1.29, 1.82) is 0 Å². The van der Waals surface area contributed by atoms with Gasteiger partial charge in [-0.25, -0.2) is 0 Å². The van der Waals surface area contributed by atoms with Gasteiger partial charge in [-0.05, 0) is 35.4 Å². The number of aliphatic hydroxyl groups is 1. The number of rotatable bonds is 6. The molecular formula is C18H19NO5. The van der Waals surface area contributed by atoms with E-state index in [1.165, 1.54) is 0 Å². The number of nitrogens with zero attached hydrogens (tertiary/aromatic N) is 1. The molecule has 0 amide bonds. The Morgan fingerprint density at radius 2 is 1.25 bits per heavy atom. The smallest absolute Gasteiger partial charge is 0.231 e. The lowest BCUT2D eigenvalue weighted by Gasteiger charge is -2.22. The molecule has 6 heteroatoms. The second-order valence-corrected chi connectivity index (χ2v) is 5.81. The average molecular weight is 329 g/mol. The largest absolute Gasteiger partial charge is 0.454 e. The lowest BCUT2D eigenvalue weighted by Crippen LogP contribution is -2.26. The predicted molar refractivity (Wildman–Crippen MR) is 86.3 cm³/mol. The van der Waals surface area contributed by atoms with Gasteiger partial charge in [0.25, 0.3) is 0 Å². The maximum Gasteiger partial charge on any atom is 0.231 e. The van der Waals surface area contributed by atoms with Crippen molar-refractivity contribution in [2.24, 2.45) is 0 Å². The molecule has 6 nitrogen and oxygen atoms in total. The number of aliphatic hydroxyl groups excluding tert-OH is 1. The van der Waals surface area contributed by atoms with Crippen molar-refractivity contribution >= 4 is 0 Å². The van der Waals surface area contributed by atoms with Crippen molar-refractivity contribution in [3.05, 3.63) is 47.5 Å². The van der Waals surface area contributed by atoms with Gasteiger partial charge >= 0.3 is 0 Å². The van der Waals surface area contributed by atoms with Gasteiger partial charge in [0.2, 0.25) is 13.6 Å². The molecule has 4 rings (SSSR count). The molecule has 0 unspecified atom stereocenters. The van der Waals surface area contributed by atoms with Gasteiger partial charge in [0.15, 0.2) is 23.0 Å². The predicted octanol–water partition coefficient (Wildman–Crippen LogP) is 2.14. The third kappa shape index (κ3) is 3.11. The van der Waals surface area contributed by atoms with Crippen LogP contribution in [-0.2, 0) is 13.1 Å². The fraction of sp³-hybridized carbons (Fsp3) is 0.333. The molecule has 2 aromatic carbocycles. The van der Waals surface area contributed by atoms with Gasteiger partial charge in [-0.3, -0.25) is 4.90 Å². The van der Waals surface area contributed by atoms with Crippen LogP contribution in [0.4, 0.5) is 0 Å². The van der Waals surface area contributed by atoms with Crippen LogP contribution in [0.25, 0.3) is 0 Å². The van der Waals surface area contributed by atoms with Crippen LogP contribution < -0.4 is 18.9 Å². The third-order valence-corrected chi connectivity index (χ3v) is 4.10. The molecule has 2 heterocycles. The van der Waals surface area contributed by atoms with Gasteiger partial charge in [0, 0.05) is 19.6 Å². The van der Waals surface area contributed by atoms with E-state index in [-0.39, 0.29) is 20.2 Å². The van der Waals surface area contributed by atoms with Crippen LogP contribution in [0.2, 0.25) is 0 Å². The molecule has 2 aliphatic rings. The Hall–Kier alpha value is -2.44. The Kier molecular flexibility index (Phi) is 4.15. The standard InChI is InChI=1S/C18H19NO5/c20-6-5-19(9-13-1-3-15-17(7-13)23-11-21-15)10-14-2-4-16-18(8-14)24-12-22-16/h1-4,7-8,20H,5-6,9-12H2. The van der Waals surface area contributed by atoms with Crippen LogP contribution in [0.1, 0.15) is 11.1 Å². The van der Waals surface area contributed by atoms with Crippen molar-refractivity contribution in [3.8, 4) is 23.0 Å². The van der Waals surface area contributed by atoms with Crippen molar-refractivity contribution in [3.63, 3.8) is 0 Å². The minimum Gasteiger partial charge on any atom is -0.454 e. The summed E-state index contributed by atoms with van der Waals surface area (Å²) in [4.78, 5) is 2.18. The van der Waals surface area contributed by atoms with Gasteiger partial charge in [-0.15, -0.1) is 0 Å². The summed E-state index contributed by atoms with van der Waals surface area (Å²) in [5.74, 6) is 3.12. The summed E-state index contributed by atoms with van der Waals surface area (Å²) in [5.41, 5.74) is 2.24. The van der Waals surface area contributed by atoms with E-state index in [1.807, 2.05) is 36.4 Å². The zero-order valence-corrected chi connectivity index (χ0v) is 13.2. The van der Waals surface area contributed by atoms with Crippen LogP contribution in [0, 0.1) is 0 Å². The molecule has 0 atom stereocenters. The highest BCUT2D eigenvalue weighted by Crippen LogP contribution is 2.34. The number of fused-ring (bicyclic) bond motifs is 2. The van der Waals surface area contributed by atoms with Gasteiger partial charge in [0.05, 0.1) is 6.61 Å². The van der Waals surface area contributed by atoms with Crippen molar-refractivity contribution in [1.82, 2.24) is 4.90 Å². The lowest BCUT2D eigenvalue weighted by molar-refractivity contribution is 0.173. The fourth-order valence-corrected chi connectivity index (χ4v) is 2.95. The zero-order valence-electron chi connectivity index (χ0n) is 13.2. The van der Waals surface area contributed by atoms with Gasteiger partial charge in [-0.2, -0.15) is 0 Å². The molecule has 2 aliphatic heterocycles. The molecule has 0 spiro atoms. The number of hydrogen-bond donors (Lipinski definition) is 1. The van der Waals surface area contributed by atoms with E-state index < -0.39 is 0 Å². The Balaban J connectivity index is 1.48. The lowest BCUT2D eigenvalue weighted by atomic mass is 10.1. The van der Waals surface area contributed by atoms with Crippen LogP contribution in [0.3, 0.4) is 0 Å². The minimum absolute atomic E-state index is 0.106. The maximum absolute atomic E-state index is 9.37. The normalized spacial score (nSPS) is 14.4. The third-order valence-electron chi connectivity index (χ3n) is 4.10. The SMILES string of the molecule is OCCN(Cc1ccc2c(c1)OCO2)Cc1ccc2c(c1)OCO2. The molecule has 0 saturated carbocycles. The molecule has 1 N–H and O–H groups in total. The highest BCUT2D eigenvalue weighted by molar-refractivity contribution is 5.45. The van der Waals surface area contributed by atoms with E-state index in [0.717, 1.165) is 34.1 Å². The number of hydrogen-bond acceptors (Lipinski definition) is 6. The van der Waals surface area contributed by atoms with Gasteiger partial charge in [0.1, 0.15) is 0 Å². The summed E-state index contributed by atoms with van der Waals surface area (Å²) in [6.45, 7) is 2.67.